The van der Waals surface area contributed by atoms with Crippen LogP contribution in [0.2, 0.25) is 0 Å². The maximum atomic E-state index is 9.38. The fourth-order valence-electron chi connectivity index (χ4n) is 0. The van der Waals surface area contributed by atoms with Crippen molar-refractivity contribution in [1.82, 2.24) is 0 Å². The summed E-state index contributed by atoms with van der Waals surface area (Å²) in [5.41, 5.74) is 0. The summed E-state index contributed by atoms with van der Waals surface area (Å²) in [5, 5.41) is 0. The molecule has 0 aliphatic rings. The zero-order chi connectivity index (χ0) is 5.21. The molecule has 0 amide bonds. The fourth-order valence-corrected chi connectivity index (χ4v) is 0. The van der Waals surface area contributed by atoms with Crippen LogP contribution in [0.1, 0.15) is 0 Å². The van der Waals surface area contributed by atoms with Crippen molar-refractivity contribution in [2.75, 3.05) is 5.75 Å². The van der Waals surface area contributed by atoms with Gasteiger partial charge in [0.2, 0.25) is 0 Å². The van der Waals surface area contributed by atoms with Crippen molar-refractivity contribution in [3.05, 3.63) is 6.92 Å². The van der Waals surface area contributed by atoms with Crippen LogP contribution in [0.5, 0.6) is 0 Å². The number of hydrogen-bond donors (Lipinski definition) is 0. The van der Waals surface area contributed by atoms with Crippen LogP contribution >= 0.6 is 0 Å². The van der Waals surface area contributed by atoms with Gasteiger partial charge in [0.25, 0.3) is 0 Å². The molecule has 3 nitrogen and oxygen atoms in total. The minimum absolute atomic E-state index is 0. The van der Waals surface area contributed by atoms with Crippen LogP contribution in [-0.2, 0) is 10.1 Å². The Morgan fingerprint density at radius 1 is 1.38 bits per heavy atom. The van der Waals surface area contributed by atoms with Gasteiger partial charge in [-0.2, -0.15) is 0 Å². The number of rotatable bonds is 1. The first-order valence-electron chi connectivity index (χ1n) is 1.29. The molecule has 0 radical (unpaired) electrons. The summed E-state index contributed by atoms with van der Waals surface area (Å²) in [6.07, 6.45) is 0. The van der Waals surface area contributed by atoms with Crippen molar-refractivity contribution < 1.29 is 72.1 Å². The van der Waals surface area contributed by atoms with Crippen LogP contribution < -0.4 is 59.1 Å². The van der Waals surface area contributed by atoms with Gasteiger partial charge < -0.3 is 11.5 Å². The van der Waals surface area contributed by atoms with E-state index in [1.54, 1.807) is 0 Å². The fraction of sp³-hybridized carbons (Fsp3) is 0.500. The van der Waals surface area contributed by atoms with Gasteiger partial charge in [0, 0.05) is 0 Å². The van der Waals surface area contributed by atoms with E-state index in [-0.39, 0.29) is 59.1 Å². The summed E-state index contributed by atoms with van der Waals surface area (Å²) >= 11 is 0. The third kappa shape index (κ3) is 15.7. The predicted molar refractivity (Wildman–Crippen MR) is 19.9 cm³/mol. The molecule has 0 atom stereocenters. The third-order valence-electron chi connectivity index (χ3n) is 0.250. The molecule has 0 aromatic heterocycles. The van der Waals surface area contributed by atoms with Crippen LogP contribution in [0, 0.1) is 6.92 Å². The average molecular weight is 154 g/mol. The van der Waals surface area contributed by atoms with Gasteiger partial charge in [0.05, 0.1) is 10.1 Å². The summed E-state index contributed by atoms with van der Waals surface area (Å²) in [6, 6.07) is 0. The van der Waals surface area contributed by atoms with Gasteiger partial charge >= 0.3 is 59.1 Å². The molecular formula is C2H4Na2O3S. The zero-order valence-electron chi connectivity index (χ0n) is 5.05. The molecular weight excluding hydrogens is 150 g/mol. The normalized spacial score (nSPS) is 8.75. The first kappa shape index (κ1) is 16.5. The molecule has 0 aliphatic heterocycles. The Morgan fingerprint density at radius 2 is 1.50 bits per heavy atom. The Balaban J connectivity index is -0.000000125. The van der Waals surface area contributed by atoms with Gasteiger partial charge in [0.1, 0.15) is 0 Å². The standard InChI is InChI=1S/C2H5O3S.2Na/c1-2-6(3,4)5;;/h1-2H2,(H,3,4,5);;/q-1;2*+1/p-1. The van der Waals surface area contributed by atoms with E-state index in [2.05, 4.69) is 6.92 Å². The van der Waals surface area contributed by atoms with Gasteiger partial charge in [-0.1, -0.05) is 5.75 Å². The molecule has 0 bridgehead atoms. The molecule has 0 aromatic carbocycles. The molecule has 8 heavy (non-hydrogen) atoms. The van der Waals surface area contributed by atoms with Crippen LogP contribution in [0.3, 0.4) is 0 Å². The molecule has 38 valence electrons. The zero-order valence-corrected chi connectivity index (χ0v) is 9.86. The van der Waals surface area contributed by atoms with E-state index in [1.165, 1.54) is 0 Å². The van der Waals surface area contributed by atoms with Gasteiger partial charge in [-0.3, -0.25) is 0 Å². The Kier molecular flexibility index (Phi) is 14.5. The van der Waals surface area contributed by atoms with Crippen molar-refractivity contribution in [3.8, 4) is 0 Å². The van der Waals surface area contributed by atoms with Crippen LogP contribution in [0.4, 0.5) is 0 Å². The predicted octanol–water partition coefficient (Wildman–Crippen LogP) is -6.63. The molecule has 0 spiro atoms. The second kappa shape index (κ2) is 7.02. The molecule has 6 heteroatoms. The molecule has 0 heterocycles. The molecule has 0 saturated carbocycles. The van der Waals surface area contributed by atoms with E-state index < -0.39 is 15.9 Å². The largest absolute Gasteiger partial charge is 1.00 e. The minimum atomic E-state index is -4.02. The Hall–Kier alpha value is 1.91. The number of hydrogen-bond acceptors (Lipinski definition) is 3. The Bertz CT molecular complexity index is 117. The molecule has 0 fully saturated rings. The second-order valence-electron chi connectivity index (χ2n) is 0.762. The van der Waals surface area contributed by atoms with Crippen molar-refractivity contribution in [3.63, 3.8) is 0 Å². The van der Waals surface area contributed by atoms with Gasteiger partial charge in [0.15, 0.2) is 0 Å². The first-order valence-corrected chi connectivity index (χ1v) is 2.87. The van der Waals surface area contributed by atoms with E-state index in [1.807, 2.05) is 0 Å². The maximum absolute atomic E-state index is 9.38. The Labute approximate surface area is 93.6 Å². The van der Waals surface area contributed by atoms with Crippen molar-refractivity contribution in [1.29, 1.82) is 0 Å². The molecule has 0 rings (SSSR count). The first-order chi connectivity index (χ1) is 2.56. The second-order valence-corrected chi connectivity index (χ2v) is 2.29. The van der Waals surface area contributed by atoms with E-state index in [4.69, 9.17) is 0 Å². The quantitative estimate of drug-likeness (QED) is 0.214. The van der Waals surface area contributed by atoms with Crippen LogP contribution in [-0.4, -0.2) is 18.7 Å². The van der Waals surface area contributed by atoms with Crippen LogP contribution in [0.15, 0.2) is 0 Å². The van der Waals surface area contributed by atoms with Crippen molar-refractivity contribution >= 4 is 10.1 Å². The molecule has 0 aromatic rings. The summed E-state index contributed by atoms with van der Waals surface area (Å²) in [4.78, 5) is 0. The van der Waals surface area contributed by atoms with E-state index in [0.29, 0.717) is 0 Å². The maximum Gasteiger partial charge on any atom is 1.00 e. The summed E-state index contributed by atoms with van der Waals surface area (Å²) in [6.45, 7) is 2.86. The van der Waals surface area contributed by atoms with E-state index >= 15 is 0 Å². The van der Waals surface area contributed by atoms with Gasteiger partial charge in [-0.05, 0) is 0 Å². The Morgan fingerprint density at radius 3 is 1.50 bits per heavy atom. The van der Waals surface area contributed by atoms with Gasteiger partial charge in [-0.25, -0.2) is 8.42 Å². The molecule has 0 N–H and O–H groups in total. The monoisotopic (exact) mass is 154 g/mol. The summed E-state index contributed by atoms with van der Waals surface area (Å²) in [5.74, 6) is -0.562. The van der Waals surface area contributed by atoms with E-state index in [9.17, 15) is 13.0 Å². The summed E-state index contributed by atoms with van der Waals surface area (Å²) < 4.78 is 28.1. The molecule has 0 saturated heterocycles. The molecule has 0 unspecified atom stereocenters. The third-order valence-corrected chi connectivity index (χ3v) is 0.750. The molecule has 0 aliphatic carbocycles. The minimum Gasteiger partial charge on any atom is -0.750 e. The topological polar surface area (TPSA) is 57.2 Å². The van der Waals surface area contributed by atoms with E-state index in [0.717, 1.165) is 0 Å². The smallest absolute Gasteiger partial charge is 0.750 e. The van der Waals surface area contributed by atoms with Crippen LogP contribution in [0.25, 0.3) is 0 Å². The SMILES string of the molecule is [CH2-]CS(=O)(=O)[O-].[Na+].[Na+]. The van der Waals surface area contributed by atoms with Crippen molar-refractivity contribution in [2.45, 2.75) is 0 Å². The summed E-state index contributed by atoms with van der Waals surface area (Å²) in [7, 11) is -4.02. The average Bonchev–Trinajstić information content (AvgIpc) is 1.35. The van der Waals surface area contributed by atoms with Crippen molar-refractivity contribution in [2.24, 2.45) is 0 Å². The van der Waals surface area contributed by atoms with Gasteiger partial charge in [-0.15, -0.1) is 0 Å².